The lowest BCUT2D eigenvalue weighted by molar-refractivity contribution is -0.113. The molecule has 0 bridgehead atoms. The maximum Gasteiger partial charge on any atom is 0.341 e. The fraction of sp³-hybridized carbons (Fsp3) is 0.400. The molecule has 156 valence electrons. The molecule has 1 aliphatic rings. The first kappa shape index (κ1) is 21.4. The zero-order valence-electron chi connectivity index (χ0n) is 16.2. The maximum absolute atomic E-state index is 13.0. The minimum atomic E-state index is -3.94. The van der Waals surface area contributed by atoms with Crippen LogP contribution in [0, 0.1) is 11.7 Å². The van der Waals surface area contributed by atoms with Crippen LogP contribution in [-0.4, -0.2) is 32.7 Å². The number of hydrogen-bond donors (Lipinski definition) is 1. The number of carbonyl (C=O) groups is 2. The Labute approximate surface area is 173 Å². The van der Waals surface area contributed by atoms with Crippen molar-refractivity contribution in [2.75, 3.05) is 17.7 Å². The second kappa shape index (κ2) is 8.62. The van der Waals surface area contributed by atoms with Crippen molar-refractivity contribution in [3.8, 4) is 0 Å². The summed E-state index contributed by atoms with van der Waals surface area (Å²) in [5.41, 5.74) is 1.20. The number of benzene rings is 1. The summed E-state index contributed by atoms with van der Waals surface area (Å²) in [6, 6.07) is 4.29. The fourth-order valence-corrected chi connectivity index (χ4v) is 5.87. The first-order chi connectivity index (χ1) is 13.7. The van der Waals surface area contributed by atoms with Crippen molar-refractivity contribution in [2.24, 2.45) is 5.92 Å². The molecule has 1 unspecified atom stereocenters. The molecular weight excluding hydrogens is 417 g/mol. The van der Waals surface area contributed by atoms with Crippen LogP contribution in [0.25, 0.3) is 0 Å². The second-order valence-electron chi connectivity index (χ2n) is 7.04. The quantitative estimate of drug-likeness (QED) is 0.549. The Morgan fingerprint density at radius 2 is 1.97 bits per heavy atom. The molecule has 9 heteroatoms. The minimum absolute atomic E-state index is 0.140. The van der Waals surface area contributed by atoms with Gasteiger partial charge >= 0.3 is 5.97 Å². The van der Waals surface area contributed by atoms with Crippen LogP contribution in [0.5, 0.6) is 0 Å². The van der Waals surface area contributed by atoms with Crippen LogP contribution in [0.15, 0.2) is 29.2 Å². The number of rotatable bonds is 6. The number of sulfone groups is 1. The number of amides is 1. The van der Waals surface area contributed by atoms with Crippen LogP contribution >= 0.6 is 11.3 Å². The molecule has 29 heavy (non-hydrogen) atoms. The van der Waals surface area contributed by atoms with E-state index in [1.54, 1.807) is 6.92 Å². The van der Waals surface area contributed by atoms with Crippen molar-refractivity contribution in [3.63, 3.8) is 0 Å². The second-order valence-corrected chi connectivity index (χ2v) is 10.1. The SMILES string of the molecule is CCOC(=O)c1c(NC(=O)CS(=O)(=O)c2ccc(F)cc2)sc2c1CCC(C)C2. The summed E-state index contributed by atoms with van der Waals surface area (Å²) in [6.45, 7) is 4.03. The number of esters is 1. The van der Waals surface area contributed by atoms with E-state index in [4.69, 9.17) is 4.74 Å². The van der Waals surface area contributed by atoms with E-state index in [0.29, 0.717) is 22.9 Å². The van der Waals surface area contributed by atoms with Crippen molar-refractivity contribution in [1.29, 1.82) is 0 Å². The normalized spacial score (nSPS) is 16.2. The molecule has 0 radical (unpaired) electrons. The molecule has 0 aliphatic heterocycles. The van der Waals surface area contributed by atoms with E-state index in [-0.39, 0.29) is 11.5 Å². The van der Waals surface area contributed by atoms with Gasteiger partial charge in [0.25, 0.3) is 0 Å². The van der Waals surface area contributed by atoms with E-state index in [0.717, 1.165) is 47.5 Å². The molecule has 1 aromatic carbocycles. The Morgan fingerprint density at radius 3 is 2.62 bits per heavy atom. The number of hydrogen-bond acceptors (Lipinski definition) is 6. The fourth-order valence-electron chi connectivity index (χ4n) is 3.32. The highest BCUT2D eigenvalue weighted by Gasteiger charge is 2.30. The molecule has 3 rings (SSSR count). The number of nitrogens with one attached hydrogen (secondary N) is 1. The van der Waals surface area contributed by atoms with Crippen molar-refractivity contribution in [2.45, 2.75) is 38.0 Å². The predicted molar refractivity (Wildman–Crippen MR) is 109 cm³/mol. The summed E-state index contributed by atoms with van der Waals surface area (Å²) in [6.07, 6.45) is 2.45. The van der Waals surface area contributed by atoms with Gasteiger partial charge in [-0.2, -0.15) is 0 Å². The summed E-state index contributed by atoms with van der Waals surface area (Å²) in [4.78, 5) is 25.8. The Morgan fingerprint density at radius 1 is 1.28 bits per heavy atom. The molecule has 1 aliphatic carbocycles. The van der Waals surface area contributed by atoms with Gasteiger partial charge in [-0.25, -0.2) is 17.6 Å². The van der Waals surface area contributed by atoms with Crippen molar-refractivity contribution < 1.29 is 27.1 Å². The third-order valence-corrected chi connectivity index (χ3v) is 7.54. The van der Waals surface area contributed by atoms with Gasteiger partial charge in [0.2, 0.25) is 5.91 Å². The van der Waals surface area contributed by atoms with E-state index in [9.17, 15) is 22.4 Å². The molecule has 1 atom stereocenters. The summed E-state index contributed by atoms with van der Waals surface area (Å²) in [7, 11) is -3.94. The third kappa shape index (κ3) is 4.84. The van der Waals surface area contributed by atoms with Crippen LogP contribution in [0.3, 0.4) is 0 Å². The highest BCUT2D eigenvalue weighted by atomic mass is 32.2. The molecule has 0 saturated heterocycles. The Kier molecular flexibility index (Phi) is 6.38. The van der Waals surface area contributed by atoms with Crippen LogP contribution in [0.4, 0.5) is 9.39 Å². The molecule has 0 fully saturated rings. The molecule has 0 saturated carbocycles. The van der Waals surface area contributed by atoms with Gasteiger partial charge in [0.1, 0.15) is 16.6 Å². The van der Waals surface area contributed by atoms with Crippen LogP contribution in [-0.2, 0) is 32.2 Å². The first-order valence-electron chi connectivity index (χ1n) is 9.31. The standard InChI is InChI=1S/C20H22FNO5S2/c1-3-27-20(24)18-15-9-4-12(2)10-16(15)28-19(18)22-17(23)11-29(25,26)14-7-5-13(21)6-8-14/h5-8,12H,3-4,9-11H2,1-2H3,(H,22,23). The molecule has 2 aromatic rings. The molecule has 1 heterocycles. The van der Waals surface area contributed by atoms with Gasteiger partial charge < -0.3 is 10.1 Å². The van der Waals surface area contributed by atoms with E-state index in [1.807, 2.05) is 0 Å². The number of thiophene rings is 1. The highest BCUT2D eigenvalue weighted by Crippen LogP contribution is 2.40. The van der Waals surface area contributed by atoms with E-state index in [1.165, 1.54) is 11.3 Å². The van der Waals surface area contributed by atoms with E-state index in [2.05, 4.69) is 12.2 Å². The topological polar surface area (TPSA) is 89.5 Å². The summed E-state index contributed by atoms with van der Waals surface area (Å²) in [5.74, 6) is -2.17. The zero-order valence-corrected chi connectivity index (χ0v) is 17.8. The number of fused-ring (bicyclic) bond motifs is 1. The molecule has 6 nitrogen and oxygen atoms in total. The molecule has 1 N–H and O–H groups in total. The Hall–Kier alpha value is -2.26. The smallest absolute Gasteiger partial charge is 0.341 e. The lowest BCUT2D eigenvalue weighted by atomic mass is 9.88. The number of halogens is 1. The van der Waals surface area contributed by atoms with Crippen molar-refractivity contribution >= 4 is 38.1 Å². The van der Waals surface area contributed by atoms with Gasteiger partial charge in [-0.05, 0) is 61.9 Å². The predicted octanol–water partition coefficient (Wildman–Crippen LogP) is 3.60. The van der Waals surface area contributed by atoms with Crippen LogP contribution in [0.1, 0.15) is 41.1 Å². The lowest BCUT2D eigenvalue weighted by Gasteiger charge is -2.18. The van der Waals surface area contributed by atoms with E-state index < -0.39 is 33.3 Å². The first-order valence-corrected chi connectivity index (χ1v) is 11.8. The van der Waals surface area contributed by atoms with Gasteiger partial charge in [0.15, 0.2) is 9.84 Å². The summed E-state index contributed by atoms with van der Waals surface area (Å²) in [5, 5.41) is 2.91. The molecular formula is C20H22FNO5S2. The van der Waals surface area contributed by atoms with E-state index >= 15 is 0 Å². The van der Waals surface area contributed by atoms with Gasteiger partial charge in [-0.1, -0.05) is 6.92 Å². The largest absolute Gasteiger partial charge is 0.462 e. The van der Waals surface area contributed by atoms with Gasteiger partial charge in [-0.3, -0.25) is 4.79 Å². The monoisotopic (exact) mass is 439 g/mol. The highest BCUT2D eigenvalue weighted by molar-refractivity contribution is 7.92. The van der Waals surface area contributed by atoms with Crippen molar-refractivity contribution in [1.82, 2.24) is 0 Å². The molecule has 1 aromatic heterocycles. The zero-order chi connectivity index (χ0) is 21.2. The van der Waals surface area contributed by atoms with Gasteiger partial charge in [-0.15, -0.1) is 11.3 Å². The van der Waals surface area contributed by atoms with Gasteiger partial charge in [0, 0.05) is 4.88 Å². The van der Waals surface area contributed by atoms with Gasteiger partial charge in [0.05, 0.1) is 17.1 Å². The van der Waals surface area contributed by atoms with Crippen LogP contribution < -0.4 is 5.32 Å². The third-order valence-electron chi connectivity index (χ3n) is 4.74. The van der Waals surface area contributed by atoms with Crippen LogP contribution in [0.2, 0.25) is 0 Å². The average Bonchev–Trinajstić information content (AvgIpc) is 2.98. The summed E-state index contributed by atoms with van der Waals surface area (Å²) < 4.78 is 43.0. The minimum Gasteiger partial charge on any atom is -0.462 e. The average molecular weight is 440 g/mol. The molecule has 0 spiro atoms. The molecule has 1 amide bonds. The Bertz CT molecular complexity index is 1030. The number of ether oxygens (including phenoxy) is 1. The number of anilines is 1. The Balaban J connectivity index is 1.84. The van der Waals surface area contributed by atoms with Crippen molar-refractivity contribution in [3.05, 3.63) is 46.1 Å². The maximum atomic E-state index is 13.0. The lowest BCUT2D eigenvalue weighted by Crippen LogP contribution is -2.24. The number of carbonyl (C=O) groups excluding carboxylic acids is 2. The summed E-state index contributed by atoms with van der Waals surface area (Å²) >= 11 is 1.29.